The van der Waals surface area contributed by atoms with Crippen LogP contribution >= 0.6 is 11.6 Å². The van der Waals surface area contributed by atoms with Gasteiger partial charge in [-0.25, -0.2) is 0 Å². The van der Waals surface area contributed by atoms with Gasteiger partial charge in [0.1, 0.15) is 5.75 Å². The summed E-state index contributed by atoms with van der Waals surface area (Å²) < 4.78 is 5.89. The second-order valence-corrected chi connectivity index (χ2v) is 7.15. The largest absolute Gasteiger partial charge is 0.494 e. The minimum atomic E-state index is 0.462. The molecule has 0 bridgehead atoms. The Labute approximate surface area is 146 Å². The van der Waals surface area contributed by atoms with E-state index in [9.17, 15) is 0 Å². The quantitative estimate of drug-likeness (QED) is 0.744. The maximum Gasteiger partial charge on any atom is 0.122 e. The Bertz CT molecular complexity index is 486. The van der Waals surface area contributed by atoms with Crippen LogP contribution in [-0.4, -0.2) is 56.2 Å². The molecule has 0 N–H and O–H groups in total. The van der Waals surface area contributed by atoms with Crippen molar-refractivity contribution in [3.8, 4) is 5.75 Å². The highest BCUT2D eigenvalue weighted by Crippen LogP contribution is 2.36. The van der Waals surface area contributed by atoms with Crippen LogP contribution in [0.25, 0.3) is 0 Å². The lowest BCUT2D eigenvalue weighted by Crippen LogP contribution is -2.46. The molecule has 0 saturated carbocycles. The molecule has 1 saturated heterocycles. The summed E-state index contributed by atoms with van der Waals surface area (Å²) in [5.41, 5.74) is 1.27. The second kappa shape index (κ2) is 8.91. The number of halogens is 1. The molecule has 0 aromatic heterocycles. The molecule has 23 heavy (non-hydrogen) atoms. The van der Waals surface area contributed by atoms with Crippen molar-refractivity contribution in [2.24, 2.45) is 5.92 Å². The Morgan fingerprint density at radius 2 is 1.87 bits per heavy atom. The van der Waals surface area contributed by atoms with Crippen molar-refractivity contribution < 1.29 is 4.74 Å². The predicted octanol–water partition coefficient (Wildman–Crippen LogP) is 4.12. The Morgan fingerprint density at radius 3 is 2.48 bits per heavy atom. The van der Waals surface area contributed by atoms with Crippen LogP contribution in [0.5, 0.6) is 5.75 Å². The van der Waals surface area contributed by atoms with E-state index in [1.54, 1.807) is 0 Å². The minimum absolute atomic E-state index is 0.462. The van der Waals surface area contributed by atoms with E-state index in [2.05, 4.69) is 36.8 Å². The molecule has 2 atom stereocenters. The van der Waals surface area contributed by atoms with Gasteiger partial charge < -0.3 is 14.5 Å². The van der Waals surface area contributed by atoms with Gasteiger partial charge in [0.2, 0.25) is 0 Å². The summed E-state index contributed by atoms with van der Waals surface area (Å²) in [6.07, 6.45) is 1.16. The summed E-state index contributed by atoms with van der Waals surface area (Å²) in [4.78, 5) is 4.99. The van der Waals surface area contributed by atoms with Crippen LogP contribution in [0.1, 0.15) is 38.7 Å². The lowest BCUT2D eigenvalue weighted by molar-refractivity contribution is 0.137. The standard InChI is InChI=1S/C19H31ClN2O/c1-5-15(3)18(14-22-11-9-21(4)10-12-22)17-13-16(20)7-8-19(17)23-6-2/h7-8,13,15,18H,5-6,9-12,14H2,1-4H3. The van der Waals surface area contributed by atoms with Crippen LogP contribution in [-0.2, 0) is 0 Å². The van der Waals surface area contributed by atoms with E-state index in [0.29, 0.717) is 18.4 Å². The van der Waals surface area contributed by atoms with Gasteiger partial charge in [0.05, 0.1) is 6.61 Å². The SMILES string of the molecule is CCOc1ccc(Cl)cc1C(CN1CCN(C)CC1)C(C)CC. The summed E-state index contributed by atoms with van der Waals surface area (Å²) in [7, 11) is 2.20. The van der Waals surface area contributed by atoms with Crippen molar-refractivity contribution in [1.82, 2.24) is 9.80 Å². The third-order valence-electron chi connectivity index (χ3n) is 5.05. The Kier molecular flexibility index (Phi) is 7.19. The van der Waals surface area contributed by atoms with Crippen molar-refractivity contribution in [1.29, 1.82) is 0 Å². The Balaban J connectivity index is 2.22. The minimum Gasteiger partial charge on any atom is -0.494 e. The highest BCUT2D eigenvalue weighted by molar-refractivity contribution is 6.30. The molecule has 2 rings (SSSR count). The summed E-state index contributed by atoms with van der Waals surface area (Å²) in [6.45, 7) is 13.0. The monoisotopic (exact) mass is 338 g/mol. The highest BCUT2D eigenvalue weighted by atomic mass is 35.5. The zero-order valence-electron chi connectivity index (χ0n) is 15.0. The third kappa shape index (κ3) is 5.10. The van der Waals surface area contributed by atoms with Gasteiger partial charge in [-0.05, 0) is 38.1 Å². The molecule has 1 heterocycles. The van der Waals surface area contributed by atoms with E-state index in [1.165, 1.54) is 5.56 Å². The lowest BCUT2D eigenvalue weighted by atomic mass is 9.84. The van der Waals surface area contributed by atoms with E-state index >= 15 is 0 Å². The molecule has 2 unspecified atom stereocenters. The maximum atomic E-state index is 6.29. The molecule has 4 heteroatoms. The van der Waals surface area contributed by atoms with E-state index in [1.807, 2.05) is 19.1 Å². The lowest BCUT2D eigenvalue weighted by Gasteiger charge is -2.36. The first-order chi connectivity index (χ1) is 11.0. The summed E-state index contributed by atoms with van der Waals surface area (Å²) in [5, 5.41) is 0.801. The van der Waals surface area contributed by atoms with Gasteiger partial charge in [0, 0.05) is 49.2 Å². The molecular formula is C19H31ClN2O. The van der Waals surface area contributed by atoms with E-state index in [4.69, 9.17) is 16.3 Å². The average Bonchev–Trinajstić information content (AvgIpc) is 2.55. The number of hydrogen-bond acceptors (Lipinski definition) is 3. The first kappa shape index (κ1) is 18.6. The third-order valence-corrected chi connectivity index (χ3v) is 5.29. The first-order valence-corrected chi connectivity index (χ1v) is 9.26. The average molecular weight is 339 g/mol. The topological polar surface area (TPSA) is 15.7 Å². The zero-order valence-corrected chi connectivity index (χ0v) is 15.8. The van der Waals surface area contributed by atoms with Gasteiger partial charge in [0.25, 0.3) is 0 Å². The van der Waals surface area contributed by atoms with Crippen LogP contribution < -0.4 is 4.74 Å². The molecule has 0 amide bonds. The number of likely N-dealkylation sites (N-methyl/N-ethyl adjacent to an activating group) is 1. The molecule has 1 aromatic carbocycles. The zero-order chi connectivity index (χ0) is 16.8. The molecular weight excluding hydrogens is 308 g/mol. The van der Waals surface area contributed by atoms with Crippen LogP contribution in [0.15, 0.2) is 18.2 Å². The molecule has 0 radical (unpaired) electrons. The molecule has 1 fully saturated rings. The van der Waals surface area contributed by atoms with Gasteiger partial charge in [-0.15, -0.1) is 0 Å². The van der Waals surface area contributed by atoms with Crippen molar-refractivity contribution >= 4 is 11.6 Å². The first-order valence-electron chi connectivity index (χ1n) is 8.88. The maximum absolute atomic E-state index is 6.29. The van der Waals surface area contributed by atoms with Crippen molar-refractivity contribution in [3.05, 3.63) is 28.8 Å². The highest BCUT2D eigenvalue weighted by Gasteiger charge is 2.26. The predicted molar refractivity (Wildman–Crippen MR) is 98.8 cm³/mol. The number of hydrogen-bond donors (Lipinski definition) is 0. The fourth-order valence-electron chi connectivity index (χ4n) is 3.27. The van der Waals surface area contributed by atoms with Crippen molar-refractivity contribution in [2.45, 2.75) is 33.1 Å². The molecule has 0 aliphatic carbocycles. The summed E-state index contributed by atoms with van der Waals surface area (Å²) >= 11 is 6.29. The number of ether oxygens (including phenoxy) is 1. The number of benzene rings is 1. The van der Waals surface area contributed by atoms with E-state index in [-0.39, 0.29) is 0 Å². The fraction of sp³-hybridized carbons (Fsp3) is 0.684. The Hall–Kier alpha value is -0.770. The number of nitrogens with zero attached hydrogens (tertiary/aromatic N) is 2. The summed E-state index contributed by atoms with van der Waals surface area (Å²) in [5.74, 6) is 2.06. The van der Waals surface area contributed by atoms with Crippen molar-refractivity contribution in [2.75, 3.05) is 46.4 Å². The molecule has 1 aliphatic rings. The van der Waals surface area contributed by atoms with Crippen LogP contribution in [0, 0.1) is 5.92 Å². The van der Waals surface area contributed by atoms with Gasteiger partial charge in [-0.2, -0.15) is 0 Å². The summed E-state index contributed by atoms with van der Waals surface area (Å²) in [6, 6.07) is 6.07. The Morgan fingerprint density at radius 1 is 1.17 bits per heavy atom. The molecule has 1 aliphatic heterocycles. The van der Waals surface area contributed by atoms with Crippen LogP contribution in [0.3, 0.4) is 0 Å². The fourth-order valence-corrected chi connectivity index (χ4v) is 3.45. The normalized spacial score (nSPS) is 19.5. The van der Waals surface area contributed by atoms with Crippen LogP contribution in [0.4, 0.5) is 0 Å². The van der Waals surface area contributed by atoms with Gasteiger partial charge >= 0.3 is 0 Å². The second-order valence-electron chi connectivity index (χ2n) is 6.71. The van der Waals surface area contributed by atoms with Gasteiger partial charge in [-0.1, -0.05) is 31.9 Å². The van der Waals surface area contributed by atoms with Gasteiger partial charge in [-0.3, -0.25) is 0 Å². The molecule has 0 spiro atoms. The van der Waals surface area contributed by atoms with E-state index < -0.39 is 0 Å². The van der Waals surface area contributed by atoms with E-state index in [0.717, 1.165) is 49.9 Å². The molecule has 1 aromatic rings. The molecule has 130 valence electrons. The van der Waals surface area contributed by atoms with Crippen LogP contribution in [0.2, 0.25) is 5.02 Å². The number of rotatable bonds is 7. The van der Waals surface area contributed by atoms with Gasteiger partial charge in [0.15, 0.2) is 0 Å². The smallest absolute Gasteiger partial charge is 0.122 e. The van der Waals surface area contributed by atoms with Crippen molar-refractivity contribution in [3.63, 3.8) is 0 Å². The molecule has 3 nitrogen and oxygen atoms in total. The number of piperazine rings is 1.